The van der Waals surface area contributed by atoms with Crippen LogP contribution in [0.3, 0.4) is 0 Å². The van der Waals surface area contributed by atoms with Gasteiger partial charge in [0.25, 0.3) is 0 Å². The van der Waals surface area contributed by atoms with E-state index in [1.807, 2.05) is 0 Å². The van der Waals surface area contributed by atoms with Crippen LogP contribution in [0.5, 0.6) is 0 Å². The van der Waals surface area contributed by atoms with Crippen LogP contribution < -0.4 is 0 Å². The van der Waals surface area contributed by atoms with E-state index < -0.39 is 5.60 Å². The molecule has 0 radical (unpaired) electrons. The van der Waals surface area contributed by atoms with E-state index in [9.17, 15) is 9.90 Å². The second-order valence-electron chi connectivity index (χ2n) is 6.91. The monoisotopic (exact) mass is 330 g/mol. The van der Waals surface area contributed by atoms with E-state index in [1.165, 1.54) is 64.7 Å². The first-order valence-electron chi connectivity index (χ1n) is 9.50. The highest BCUT2D eigenvalue weighted by atomic mass is 16.5. The molecule has 23 heavy (non-hydrogen) atoms. The summed E-state index contributed by atoms with van der Waals surface area (Å²) >= 11 is 0. The van der Waals surface area contributed by atoms with Gasteiger partial charge in [0.1, 0.15) is 0 Å². The summed E-state index contributed by atoms with van der Waals surface area (Å²) in [6.07, 6.45) is 14.6. The molecule has 0 bridgehead atoms. The highest BCUT2D eigenvalue weighted by molar-refractivity contribution is 5.69. The Balaban J connectivity index is 3.27. The van der Waals surface area contributed by atoms with Crippen LogP contribution in [-0.4, -0.2) is 35.0 Å². The van der Waals surface area contributed by atoms with E-state index in [2.05, 4.69) is 6.92 Å². The number of unbranched alkanes of at least 4 members (excludes halogenated alkanes) is 10. The molecule has 0 saturated carbocycles. The third-order valence-electron chi connectivity index (χ3n) is 4.23. The fourth-order valence-corrected chi connectivity index (χ4v) is 2.47. The molecule has 0 aliphatic carbocycles. The molecule has 4 nitrogen and oxygen atoms in total. The molecule has 0 aliphatic rings. The van der Waals surface area contributed by atoms with Crippen LogP contribution in [0.25, 0.3) is 0 Å². The predicted octanol–water partition coefficient (Wildman–Crippen LogP) is 4.36. The maximum atomic E-state index is 11.5. The van der Waals surface area contributed by atoms with Gasteiger partial charge in [0.05, 0.1) is 18.8 Å². The molecule has 0 saturated heterocycles. The molecular formula is C19H38O4. The lowest BCUT2D eigenvalue weighted by atomic mass is 10.0. The normalized spacial score (nSPS) is 13.7. The third-order valence-corrected chi connectivity index (χ3v) is 4.23. The Kier molecular flexibility index (Phi) is 14.6. The maximum Gasteiger partial charge on any atom is 0.305 e. The van der Waals surface area contributed by atoms with Gasteiger partial charge in [0, 0.05) is 12.8 Å². The molecule has 0 aromatic heterocycles. The lowest BCUT2D eigenvalue weighted by Gasteiger charge is -2.19. The van der Waals surface area contributed by atoms with Gasteiger partial charge in [-0.3, -0.25) is 4.79 Å². The van der Waals surface area contributed by atoms with E-state index in [-0.39, 0.29) is 25.6 Å². The van der Waals surface area contributed by atoms with Gasteiger partial charge in [0.2, 0.25) is 0 Å². The summed E-state index contributed by atoms with van der Waals surface area (Å²) in [5.41, 5.74) is -1.16. The van der Waals surface area contributed by atoms with Crippen LogP contribution >= 0.6 is 0 Å². The van der Waals surface area contributed by atoms with Crippen molar-refractivity contribution in [3.8, 4) is 0 Å². The van der Waals surface area contributed by atoms with Crippen molar-refractivity contribution in [3.63, 3.8) is 0 Å². The Hall–Kier alpha value is -0.610. The lowest BCUT2D eigenvalue weighted by Crippen LogP contribution is -2.30. The summed E-state index contributed by atoms with van der Waals surface area (Å²) in [6.45, 7) is 3.63. The standard InChI is InChI=1S/C19H38O4/c1-3-4-5-6-7-8-9-10-11-12-13-14-18(21)23-16-15-19(2,22)17-20/h20,22H,3-17H2,1-2H3. The molecule has 0 aromatic carbocycles. The number of rotatable bonds is 16. The Morgan fingerprint density at radius 2 is 1.39 bits per heavy atom. The van der Waals surface area contributed by atoms with E-state index in [4.69, 9.17) is 9.84 Å². The topological polar surface area (TPSA) is 66.8 Å². The number of aliphatic hydroxyl groups excluding tert-OH is 1. The summed E-state index contributed by atoms with van der Waals surface area (Å²) in [4.78, 5) is 11.5. The van der Waals surface area contributed by atoms with Gasteiger partial charge in [-0.25, -0.2) is 0 Å². The number of hydrogen-bond donors (Lipinski definition) is 2. The van der Waals surface area contributed by atoms with Crippen molar-refractivity contribution in [2.45, 2.75) is 103 Å². The van der Waals surface area contributed by atoms with Gasteiger partial charge in [-0.15, -0.1) is 0 Å². The van der Waals surface area contributed by atoms with E-state index >= 15 is 0 Å². The molecule has 0 rings (SSSR count). The highest BCUT2D eigenvalue weighted by Crippen LogP contribution is 2.12. The number of esters is 1. The second kappa shape index (κ2) is 14.9. The van der Waals surface area contributed by atoms with Crippen molar-refractivity contribution in [1.82, 2.24) is 0 Å². The Morgan fingerprint density at radius 3 is 1.87 bits per heavy atom. The fourth-order valence-electron chi connectivity index (χ4n) is 2.47. The maximum absolute atomic E-state index is 11.5. The lowest BCUT2D eigenvalue weighted by molar-refractivity contribution is -0.145. The minimum atomic E-state index is -1.16. The molecule has 0 aromatic rings. The van der Waals surface area contributed by atoms with Crippen LogP contribution in [0.4, 0.5) is 0 Å². The van der Waals surface area contributed by atoms with Crippen LogP contribution in [0.1, 0.15) is 97.3 Å². The zero-order valence-electron chi connectivity index (χ0n) is 15.3. The highest BCUT2D eigenvalue weighted by Gasteiger charge is 2.19. The van der Waals surface area contributed by atoms with E-state index in [0.29, 0.717) is 6.42 Å². The van der Waals surface area contributed by atoms with Crippen LogP contribution in [-0.2, 0) is 9.53 Å². The van der Waals surface area contributed by atoms with Crippen molar-refractivity contribution in [1.29, 1.82) is 0 Å². The van der Waals surface area contributed by atoms with Crippen LogP contribution in [0.2, 0.25) is 0 Å². The molecule has 0 aliphatic heterocycles. The number of hydrogen-bond acceptors (Lipinski definition) is 4. The quantitative estimate of drug-likeness (QED) is 0.326. The van der Waals surface area contributed by atoms with Gasteiger partial charge in [-0.2, -0.15) is 0 Å². The number of aliphatic hydroxyl groups is 2. The minimum Gasteiger partial charge on any atom is -0.466 e. The second-order valence-corrected chi connectivity index (χ2v) is 6.91. The first kappa shape index (κ1) is 22.4. The molecule has 1 unspecified atom stereocenters. The molecular weight excluding hydrogens is 292 g/mol. The van der Waals surface area contributed by atoms with Crippen molar-refractivity contribution in [2.75, 3.05) is 13.2 Å². The van der Waals surface area contributed by atoms with Gasteiger partial charge in [-0.1, -0.05) is 71.1 Å². The van der Waals surface area contributed by atoms with E-state index in [1.54, 1.807) is 0 Å². The Labute approximate surface area is 142 Å². The summed E-state index contributed by atoms with van der Waals surface area (Å²) in [5.74, 6) is -0.199. The molecule has 0 fully saturated rings. The van der Waals surface area contributed by atoms with Crippen LogP contribution in [0, 0.1) is 0 Å². The largest absolute Gasteiger partial charge is 0.466 e. The minimum absolute atomic E-state index is 0.171. The van der Waals surface area contributed by atoms with Crippen molar-refractivity contribution < 1.29 is 19.7 Å². The van der Waals surface area contributed by atoms with Crippen molar-refractivity contribution >= 4 is 5.97 Å². The molecule has 0 amide bonds. The molecule has 138 valence electrons. The molecule has 0 heterocycles. The van der Waals surface area contributed by atoms with Crippen molar-refractivity contribution in [3.05, 3.63) is 0 Å². The summed E-state index contributed by atoms with van der Waals surface area (Å²) in [6, 6.07) is 0. The smallest absolute Gasteiger partial charge is 0.305 e. The van der Waals surface area contributed by atoms with Gasteiger partial charge in [-0.05, 0) is 13.3 Å². The SMILES string of the molecule is CCCCCCCCCCCCCC(=O)OCCC(C)(O)CO. The van der Waals surface area contributed by atoms with Crippen LogP contribution in [0.15, 0.2) is 0 Å². The number of carbonyl (C=O) groups is 1. The first-order valence-corrected chi connectivity index (χ1v) is 9.50. The van der Waals surface area contributed by atoms with E-state index in [0.717, 1.165) is 12.8 Å². The molecule has 2 N–H and O–H groups in total. The predicted molar refractivity (Wildman–Crippen MR) is 94.4 cm³/mol. The van der Waals surface area contributed by atoms with Gasteiger partial charge < -0.3 is 14.9 Å². The Morgan fingerprint density at radius 1 is 0.913 bits per heavy atom. The zero-order valence-corrected chi connectivity index (χ0v) is 15.3. The summed E-state index contributed by atoms with van der Waals surface area (Å²) < 4.78 is 5.06. The average Bonchev–Trinajstić information content (AvgIpc) is 2.52. The zero-order chi connectivity index (χ0) is 17.4. The molecule has 1 atom stereocenters. The van der Waals surface area contributed by atoms with Gasteiger partial charge >= 0.3 is 5.97 Å². The summed E-state index contributed by atoms with van der Waals surface area (Å²) in [5, 5.41) is 18.5. The first-order chi connectivity index (χ1) is 11.0. The van der Waals surface area contributed by atoms with Gasteiger partial charge in [0.15, 0.2) is 0 Å². The van der Waals surface area contributed by atoms with Crippen molar-refractivity contribution in [2.24, 2.45) is 0 Å². The number of carbonyl (C=O) groups excluding carboxylic acids is 1. The summed E-state index contributed by atoms with van der Waals surface area (Å²) in [7, 11) is 0. The third kappa shape index (κ3) is 16.0. The Bertz CT molecular complexity index is 277. The molecule has 4 heteroatoms. The molecule has 0 spiro atoms. The average molecular weight is 331 g/mol. The fraction of sp³-hybridized carbons (Fsp3) is 0.947. The number of ether oxygens (including phenoxy) is 1.